The zero-order chi connectivity index (χ0) is 17.0. The molecule has 0 aromatic heterocycles. The number of fused-ring (bicyclic) bond motifs is 3. The summed E-state index contributed by atoms with van der Waals surface area (Å²) >= 11 is 0. The number of aliphatic hydroxyl groups excluding tert-OH is 1. The summed E-state index contributed by atoms with van der Waals surface area (Å²) in [6, 6.07) is 4.19. The van der Waals surface area contributed by atoms with Gasteiger partial charge in [0.15, 0.2) is 0 Å². The second-order valence-corrected chi connectivity index (χ2v) is 8.23. The molecular formula is C20H28O3. The van der Waals surface area contributed by atoms with Crippen LogP contribution in [0, 0.1) is 11.3 Å². The second-order valence-electron chi connectivity index (χ2n) is 8.23. The molecule has 3 nitrogen and oxygen atoms in total. The van der Waals surface area contributed by atoms with Gasteiger partial charge in [0.1, 0.15) is 12.0 Å². The summed E-state index contributed by atoms with van der Waals surface area (Å²) in [5.41, 5.74) is 2.38. The molecule has 2 aliphatic rings. The Morgan fingerprint density at radius 1 is 1.26 bits per heavy atom. The molecule has 0 spiro atoms. The molecule has 3 heteroatoms. The SMILES string of the molecule is CC(C)c1ccc2c(c1O)CCC1C2(C)CCC(O)C1(C)C=O. The molecule has 1 saturated carbocycles. The first kappa shape index (κ1) is 16.5. The number of hydrogen-bond acceptors (Lipinski definition) is 3. The van der Waals surface area contributed by atoms with Crippen LogP contribution in [0.2, 0.25) is 0 Å². The third-order valence-corrected chi connectivity index (χ3v) is 6.66. The summed E-state index contributed by atoms with van der Waals surface area (Å²) in [7, 11) is 0. The van der Waals surface area contributed by atoms with Crippen LogP contribution in [0.15, 0.2) is 12.1 Å². The zero-order valence-electron chi connectivity index (χ0n) is 14.6. The van der Waals surface area contributed by atoms with E-state index in [2.05, 4.69) is 26.8 Å². The average molecular weight is 316 g/mol. The maximum atomic E-state index is 11.8. The lowest BCUT2D eigenvalue weighted by Gasteiger charge is -2.55. The molecule has 23 heavy (non-hydrogen) atoms. The average Bonchev–Trinajstić information content (AvgIpc) is 2.51. The largest absolute Gasteiger partial charge is 0.507 e. The van der Waals surface area contributed by atoms with Crippen molar-refractivity contribution in [1.82, 2.24) is 0 Å². The third kappa shape index (κ3) is 2.16. The Hall–Kier alpha value is -1.35. The van der Waals surface area contributed by atoms with Crippen molar-refractivity contribution in [2.75, 3.05) is 0 Å². The maximum Gasteiger partial charge on any atom is 0.128 e. The quantitative estimate of drug-likeness (QED) is 0.818. The van der Waals surface area contributed by atoms with Crippen molar-refractivity contribution in [3.63, 3.8) is 0 Å². The van der Waals surface area contributed by atoms with E-state index in [-0.39, 0.29) is 11.3 Å². The molecule has 2 N–H and O–H groups in total. The number of aliphatic hydroxyl groups is 1. The van der Waals surface area contributed by atoms with Gasteiger partial charge >= 0.3 is 0 Å². The molecule has 0 radical (unpaired) electrons. The van der Waals surface area contributed by atoms with Gasteiger partial charge in [-0.15, -0.1) is 0 Å². The highest BCUT2D eigenvalue weighted by Gasteiger charge is 2.56. The Morgan fingerprint density at radius 2 is 1.96 bits per heavy atom. The van der Waals surface area contributed by atoms with Crippen LogP contribution in [0.1, 0.15) is 69.6 Å². The monoisotopic (exact) mass is 316 g/mol. The topological polar surface area (TPSA) is 57.5 Å². The summed E-state index contributed by atoms with van der Waals surface area (Å²) in [6.07, 6.45) is 3.50. The highest BCUT2D eigenvalue weighted by atomic mass is 16.3. The lowest BCUT2D eigenvalue weighted by atomic mass is 9.49. The van der Waals surface area contributed by atoms with E-state index in [4.69, 9.17) is 0 Å². The molecule has 3 rings (SSSR count). The molecule has 0 amide bonds. The second kappa shape index (κ2) is 5.34. The Labute approximate surface area is 138 Å². The summed E-state index contributed by atoms with van der Waals surface area (Å²) in [4.78, 5) is 11.8. The summed E-state index contributed by atoms with van der Waals surface area (Å²) < 4.78 is 0. The first-order valence-electron chi connectivity index (χ1n) is 8.75. The van der Waals surface area contributed by atoms with Crippen molar-refractivity contribution in [2.45, 2.75) is 70.8 Å². The van der Waals surface area contributed by atoms with Crippen LogP contribution in [-0.4, -0.2) is 22.6 Å². The van der Waals surface area contributed by atoms with E-state index in [0.29, 0.717) is 18.1 Å². The Morgan fingerprint density at radius 3 is 2.57 bits per heavy atom. The van der Waals surface area contributed by atoms with Gasteiger partial charge in [-0.05, 0) is 59.6 Å². The molecule has 0 saturated heterocycles. The van der Waals surface area contributed by atoms with Crippen LogP contribution >= 0.6 is 0 Å². The predicted octanol–water partition coefficient (Wildman–Crippen LogP) is 3.70. The number of carbonyl (C=O) groups is 1. The maximum absolute atomic E-state index is 11.8. The van der Waals surface area contributed by atoms with E-state index in [1.807, 2.05) is 13.0 Å². The van der Waals surface area contributed by atoms with E-state index >= 15 is 0 Å². The van der Waals surface area contributed by atoms with E-state index in [0.717, 1.165) is 36.7 Å². The first-order valence-corrected chi connectivity index (χ1v) is 8.75. The molecule has 1 aromatic rings. The summed E-state index contributed by atoms with van der Waals surface area (Å²) in [6.45, 7) is 8.29. The lowest BCUT2D eigenvalue weighted by Crippen LogP contribution is -2.56. The van der Waals surface area contributed by atoms with Gasteiger partial charge in [-0.3, -0.25) is 0 Å². The van der Waals surface area contributed by atoms with Crippen LogP contribution in [0.25, 0.3) is 0 Å². The lowest BCUT2D eigenvalue weighted by molar-refractivity contribution is -0.137. The number of rotatable bonds is 2. The van der Waals surface area contributed by atoms with Crippen molar-refractivity contribution in [1.29, 1.82) is 0 Å². The van der Waals surface area contributed by atoms with Gasteiger partial charge in [-0.2, -0.15) is 0 Å². The van der Waals surface area contributed by atoms with Crippen LogP contribution in [-0.2, 0) is 16.6 Å². The van der Waals surface area contributed by atoms with E-state index < -0.39 is 11.5 Å². The van der Waals surface area contributed by atoms with Crippen molar-refractivity contribution in [2.24, 2.45) is 11.3 Å². The van der Waals surface area contributed by atoms with Crippen LogP contribution in [0.5, 0.6) is 5.75 Å². The molecule has 2 aliphatic carbocycles. The van der Waals surface area contributed by atoms with Crippen LogP contribution in [0.4, 0.5) is 0 Å². The zero-order valence-corrected chi connectivity index (χ0v) is 14.6. The fourth-order valence-corrected chi connectivity index (χ4v) is 5.15. The van der Waals surface area contributed by atoms with E-state index in [9.17, 15) is 15.0 Å². The van der Waals surface area contributed by atoms with Gasteiger partial charge in [0.2, 0.25) is 0 Å². The number of phenols is 1. The molecule has 4 atom stereocenters. The van der Waals surface area contributed by atoms with Gasteiger partial charge in [-0.25, -0.2) is 0 Å². The minimum absolute atomic E-state index is 0.119. The highest BCUT2D eigenvalue weighted by molar-refractivity contribution is 5.63. The smallest absolute Gasteiger partial charge is 0.128 e. The molecule has 1 fully saturated rings. The molecular weight excluding hydrogens is 288 g/mol. The Kier molecular flexibility index (Phi) is 3.83. The van der Waals surface area contributed by atoms with Crippen LogP contribution < -0.4 is 0 Å². The number of hydrogen-bond donors (Lipinski definition) is 2. The number of aromatic hydroxyl groups is 1. The van der Waals surface area contributed by atoms with Gasteiger partial charge in [0.25, 0.3) is 0 Å². The van der Waals surface area contributed by atoms with Gasteiger partial charge in [0.05, 0.1) is 11.5 Å². The van der Waals surface area contributed by atoms with Crippen molar-refractivity contribution in [3.8, 4) is 5.75 Å². The predicted molar refractivity (Wildman–Crippen MR) is 90.8 cm³/mol. The van der Waals surface area contributed by atoms with Gasteiger partial charge in [0, 0.05) is 0 Å². The van der Waals surface area contributed by atoms with Crippen molar-refractivity contribution in [3.05, 3.63) is 28.8 Å². The first-order chi connectivity index (χ1) is 10.8. The minimum atomic E-state index is -0.697. The Bertz CT molecular complexity index is 636. The Balaban J connectivity index is 2.14. The molecule has 0 heterocycles. The minimum Gasteiger partial charge on any atom is -0.507 e. The molecule has 0 aliphatic heterocycles. The van der Waals surface area contributed by atoms with Gasteiger partial charge in [-0.1, -0.05) is 39.8 Å². The highest BCUT2D eigenvalue weighted by Crippen LogP contribution is 2.57. The van der Waals surface area contributed by atoms with E-state index in [1.165, 1.54) is 5.56 Å². The third-order valence-electron chi connectivity index (χ3n) is 6.66. The normalized spacial score (nSPS) is 36.4. The standard InChI is InChI=1S/C20H28O3/c1-12(2)13-5-7-15-14(18(13)23)6-8-16-19(15,3)10-9-17(22)20(16,4)11-21/h5,7,11-12,16-17,22-23H,6,8-10H2,1-4H3. The fourth-order valence-electron chi connectivity index (χ4n) is 5.15. The van der Waals surface area contributed by atoms with Crippen molar-refractivity contribution >= 4 is 6.29 Å². The molecule has 4 unspecified atom stereocenters. The van der Waals surface area contributed by atoms with E-state index in [1.54, 1.807) is 0 Å². The molecule has 1 aromatic carbocycles. The molecule has 0 bridgehead atoms. The van der Waals surface area contributed by atoms with Crippen molar-refractivity contribution < 1.29 is 15.0 Å². The summed E-state index contributed by atoms with van der Waals surface area (Å²) in [5.74, 6) is 0.850. The van der Waals surface area contributed by atoms with Gasteiger partial charge < -0.3 is 15.0 Å². The molecule has 126 valence electrons. The van der Waals surface area contributed by atoms with Crippen LogP contribution in [0.3, 0.4) is 0 Å². The number of aldehydes is 1. The number of benzene rings is 1. The summed E-state index contributed by atoms with van der Waals surface area (Å²) in [5, 5.41) is 21.2. The number of phenolic OH excluding ortho intramolecular Hbond substituents is 1. The fraction of sp³-hybridized carbons (Fsp3) is 0.650. The number of carbonyl (C=O) groups excluding carboxylic acids is 1.